The van der Waals surface area contributed by atoms with Crippen LogP contribution in [0.25, 0.3) is 0 Å². The Morgan fingerprint density at radius 2 is 2.31 bits per heavy atom. The van der Waals surface area contributed by atoms with Crippen molar-refractivity contribution in [2.75, 3.05) is 6.61 Å². The highest BCUT2D eigenvalue weighted by Gasteiger charge is 2.09. The Hall–Kier alpha value is -1.52. The maximum Gasteiger partial charge on any atom is 0.356 e. The molecule has 0 spiro atoms. The summed E-state index contributed by atoms with van der Waals surface area (Å²) in [6, 6.07) is 0. The summed E-state index contributed by atoms with van der Waals surface area (Å²) in [7, 11) is 0. The van der Waals surface area contributed by atoms with E-state index in [0.29, 0.717) is 6.61 Å². The number of carbonyl (C=O) groups excluding carboxylic acids is 1. The summed E-state index contributed by atoms with van der Waals surface area (Å²) >= 11 is 0. The summed E-state index contributed by atoms with van der Waals surface area (Å²) in [4.78, 5) is 26.4. The highest BCUT2D eigenvalue weighted by Crippen LogP contribution is 1.97. The van der Waals surface area contributed by atoms with Crippen molar-refractivity contribution in [3.05, 3.63) is 22.4 Å². The van der Waals surface area contributed by atoms with Crippen LogP contribution >= 0.6 is 0 Å². The van der Waals surface area contributed by atoms with Crippen LogP contribution in [0.3, 0.4) is 0 Å². The maximum absolute atomic E-state index is 11.2. The summed E-state index contributed by atoms with van der Waals surface area (Å²) < 4.78 is 4.87. The molecule has 72 valence electrons. The third-order valence-corrected chi connectivity index (χ3v) is 1.36. The quantitative estimate of drug-likeness (QED) is 0.672. The Balaban J connectivity index is 2.54. The molecule has 1 heterocycles. The molecule has 5 nitrogen and oxygen atoms in total. The Morgan fingerprint density at radius 3 is 2.77 bits per heavy atom. The fourth-order valence-electron chi connectivity index (χ4n) is 0.762. The van der Waals surface area contributed by atoms with Crippen molar-refractivity contribution in [3.8, 4) is 0 Å². The number of hydrogen-bond donors (Lipinski definition) is 2. The second-order valence-electron chi connectivity index (χ2n) is 3.15. The van der Waals surface area contributed by atoms with Crippen molar-refractivity contribution in [3.63, 3.8) is 0 Å². The molecule has 2 N–H and O–H groups in total. The second-order valence-corrected chi connectivity index (χ2v) is 3.15. The van der Waals surface area contributed by atoms with E-state index >= 15 is 0 Å². The third-order valence-electron chi connectivity index (χ3n) is 1.36. The van der Waals surface area contributed by atoms with Crippen molar-refractivity contribution in [2.24, 2.45) is 5.92 Å². The molecule has 0 saturated heterocycles. The van der Waals surface area contributed by atoms with Gasteiger partial charge in [0.2, 0.25) is 0 Å². The van der Waals surface area contributed by atoms with E-state index < -0.39 is 11.7 Å². The van der Waals surface area contributed by atoms with Crippen LogP contribution in [-0.2, 0) is 4.74 Å². The molecule has 0 radical (unpaired) electrons. The monoisotopic (exact) mass is 184 g/mol. The first-order valence-corrected chi connectivity index (χ1v) is 4.04. The van der Waals surface area contributed by atoms with Gasteiger partial charge in [0.1, 0.15) is 5.69 Å². The van der Waals surface area contributed by atoms with Gasteiger partial charge in [-0.25, -0.2) is 9.59 Å². The molecule has 1 rings (SSSR count). The zero-order valence-electron chi connectivity index (χ0n) is 7.59. The zero-order valence-corrected chi connectivity index (χ0v) is 7.59. The van der Waals surface area contributed by atoms with Crippen LogP contribution in [0.1, 0.15) is 24.3 Å². The van der Waals surface area contributed by atoms with E-state index in [4.69, 9.17) is 4.74 Å². The molecule has 1 aromatic heterocycles. The number of aromatic nitrogens is 2. The predicted molar refractivity (Wildman–Crippen MR) is 46.5 cm³/mol. The molecule has 0 atom stereocenters. The Morgan fingerprint density at radius 1 is 1.62 bits per heavy atom. The fourth-order valence-corrected chi connectivity index (χ4v) is 0.762. The second kappa shape index (κ2) is 3.93. The van der Waals surface area contributed by atoms with E-state index in [1.54, 1.807) is 0 Å². The molecule has 0 amide bonds. The smallest absolute Gasteiger partial charge is 0.356 e. The molecule has 0 aliphatic carbocycles. The first-order chi connectivity index (χ1) is 6.09. The lowest BCUT2D eigenvalue weighted by Crippen LogP contribution is -2.12. The molecular weight excluding hydrogens is 172 g/mol. The Labute approximate surface area is 75.1 Å². The topological polar surface area (TPSA) is 75.0 Å². The lowest BCUT2D eigenvalue weighted by molar-refractivity contribution is 0.0452. The van der Waals surface area contributed by atoms with Crippen LogP contribution < -0.4 is 5.69 Å². The summed E-state index contributed by atoms with van der Waals surface area (Å²) in [6.45, 7) is 4.23. The molecule has 0 unspecified atom stereocenters. The van der Waals surface area contributed by atoms with Crippen molar-refractivity contribution < 1.29 is 9.53 Å². The Kier molecular flexibility index (Phi) is 2.89. The number of aromatic amines is 2. The van der Waals surface area contributed by atoms with Gasteiger partial charge in [-0.3, -0.25) is 0 Å². The minimum absolute atomic E-state index is 0.158. The van der Waals surface area contributed by atoms with Crippen LogP contribution in [0.15, 0.2) is 11.0 Å². The minimum atomic E-state index is -0.507. The molecule has 0 saturated carbocycles. The largest absolute Gasteiger partial charge is 0.461 e. The van der Waals surface area contributed by atoms with Gasteiger partial charge in [-0.15, -0.1) is 0 Å². The lowest BCUT2D eigenvalue weighted by Gasteiger charge is -2.04. The SMILES string of the molecule is CC(C)COC(=O)c1c[nH]c(=O)[nH]1. The summed E-state index contributed by atoms with van der Waals surface area (Å²) in [6.07, 6.45) is 1.30. The Bertz CT molecular complexity index is 337. The van der Waals surface area contributed by atoms with E-state index in [9.17, 15) is 9.59 Å². The molecule has 5 heteroatoms. The molecule has 0 aromatic carbocycles. The van der Waals surface area contributed by atoms with Gasteiger partial charge in [-0.2, -0.15) is 0 Å². The van der Waals surface area contributed by atoms with E-state index in [2.05, 4.69) is 9.97 Å². The third kappa shape index (κ3) is 2.77. The standard InChI is InChI=1S/C8H12N2O3/c1-5(2)4-13-7(11)6-3-9-8(12)10-6/h3,5H,4H2,1-2H3,(H2,9,10,12). The first-order valence-electron chi connectivity index (χ1n) is 4.04. The lowest BCUT2D eigenvalue weighted by atomic mass is 10.2. The number of ether oxygens (including phenoxy) is 1. The average molecular weight is 184 g/mol. The van der Waals surface area contributed by atoms with Crippen molar-refractivity contribution in [1.82, 2.24) is 9.97 Å². The van der Waals surface area contributed by atoms with Crippen LogP contribution in [0.2, 0.25) is 0 Å². The molecule has 0 bridgehead atoms. The van der Waals surface area contributed by atoms with Gasteiger partial charge in [0.25, 0.3) is 0 Å². The number of rotatable bonds is 3. The molecular formula is C8H12N2O3. The zero-order chi connectivity index (χ0) is 9.84. The number of nitrogens with one attached hydrogen (secondary N) is 2. The highest BCUT2D eigenvalue weighted by molar-refractivity contribution is 5.86. The van der Waals surface area contributed by atoms with Gasteiger partial charge in [-0.1, -0.05) is 13.8 Å². The van der Waals surface area contributed by atoms with Crippen LogP contribution in [-0.4, -0.2) is 22.5 Å². The van der Waals surface area contributed by atoms with E-state index in [0.717, 1.165) is 0 Å². The normalized spacial score (nSPS) is 10.4. The van der Waals surface area contributed by atoms with Crippen LogP contribution in [0.4, 0.5) is 0 Å². The highest BCUT2D eigenvalue weighted by atomic mass is 16.5. The van der Waals surface area contributed by atoms with Gasteiger partial charge < -0.3 is 14.7 Å². The minimum Gasteiger partial charge on any atom is -0.461 e. The van der Waals surface area contributed by atoms with Crippen LogP contribution in [0.5, 0.6) is 0 Å². The number of esters is 1. The van der Waals surface area contributed by atoms with E-state index in [1.165, 1.54) is 6.20 Å². The van der Waals surface area contributed by atoms with Gasteiger partial charge in [-0.05, 0) is 5.92 Å². The molecule has 0 aliphatic rings. The number of carbonyl (C=O) groups is 1. The maximum atomic E-state index is 11.2. The number of hydrogen-bond acceptors (Lipinski definition) is 3. The number of H-pyrrole nitrogens is 2. The van der Waals surface area contributed by atoms with Crippen molar-refractivity contribution in [1.29, 1.82) is 0 Å². The summed E-state index contributed by atoms with van der Waals surface area (Å²) in [5, 5.41) is 0. The molecule has 1 aromatic rings. The summed E-state index contributed by atoms with van der Waals surface area (Å²) in [5.41, 5.74) is -0.248. The van der Waals surface area contributed by atoms with Crippen molar-refractivity contribution in [2.45, 2.75) is 13.8 Å². The predicted octanol–water partition coefficient (Wildman–Crippen LogP) is 0.516. The van der Waals surface area contributed by atoms with Gasteiger partial charge in [0.05, 0.1) is 6.61 Å². The van der Waals surface area contributed by atoms with Crippen molar-refractivity contribution >= 4 is 5.97 Å². The van der Waals surface area contributed by atoms with Gasteiger partial charge in [0, 0.05) is 6.20 Å². The average Bonchev–Trinajstić information content (AvgIpc) is 2.47. The molecule has 13 heavy (non-hydrogen) atoms. The number of imidazole rings is 1. The van der Waals surface area contributed by atoms with Gasteiger partial charge >= 0.3 is 11.7 Å². The van der Waals surface area contributed by atoms with Crippen LogP contribution in [0, 0.1) is 5.92 Å². The van der Waals surface area contributed by atoms with E-state index in [-0.39, 0.29) is 11.6 Å². The van der Waals surface area contributed by atoms with Gasteiger partial charge in [0.15, 0.2) is 0 Å². The summed E-state index contributed by atoms with van der Waals surface area (Å²) in [5.74, 6) is -0.221. The molecule has 0 fully saturated rings. The van der Waals surface area contributed by atoms with E-state index in [1.807, 2.05) is 13.8 Å². The fraction of sp³-hybridized carbons (Fsp3) is 0.500. The molecule has 0 aliphatic heterocycles. The first kappa shape index (κ1) is 9.57.